The number of amides is 3. The molecule has 1 atom stereocenters. The molecule has 1 aliphatic heterocycles. The van der Waals surface area contributed by atoms with E-state index in [4.69, 9.17) is 5.11 Å². The normalized spacial score (nSPS) is 19.3. The molecule has 0 radical (unpaired) electrons. The lowest BCUT2D eigenvalue weighted by Crippen LogP contribution is -2.61. The summed E-state index contributed by atoms with van der Waals surface area (Å²) in [5.41, 5.74) is 0. The van der Waals surface area contributed by atoms with Crippen LogP contribution in [0.3, 0.4) is 0 Å². The summed E-state index contributed by atoms with van der Waals surface area (Å²) in [6.07, 6.45) is 0.510. The maximum absolute atomic E-state index is 12.4. The van der Waals surface area contributed by atoms with Gasteiger partial charge in [-0.1, -0.05) is 6.92 Å². The fourth-order valence-corrected chi connectivity index (χ4v) is 2.13. The van der Waals surface area contributed by atoms with Gasteiger partial charge in [-0.25, -0.2) is 4.79 Å². The van der Waals surface area contributed by atoms with Crippen molar-refractivity contribution in [3.05, 3.63) is 0 Å². The summed E-state index contributed by atoms with van der Waals surface area (Å²) in [6, 6.07) is -1.14. The molecule has 19 heavy (non-hydrogen) atoms. The molecular weight excluding hydrogens is 250 g/mol. The van der Waals surface area contributed by atoms with E-state index in [-0.39, 0.29) is 24.5 Å². The molecule has 3 amide bonds. The fraction of sp³-hybridized carbons (Fsp3) is 0.750. The molecule has 1 unspecified atom stereocenters. The third-order valence-corrected chi connectivity index (χ3v) is 3.14. The van der Waals surface area contributed by atoms with E-state index in [1.807, 2.05) is 6.92 Å². The van der Waals surface area contributed by atoms with Crippen LogP contribution in [0, 0.1) is 0 Å². The quantitative estimate of drug-likeness (QED) is 0.759. The summed E-state index contributed by atoms with van der Waals surface area (Å²) >= 11 is 0. The van der Waals surface area contributed by atoms with E-state index in [2.05, 4.69) is 5.32 Å². The summed E-state index contributed by atoms with van der Waals surface area (Å²) in [7, 11) is 0. The molecule has 0 aromatic heterocycles. The molecule has 0 spiro atoms. The predicted molar refractivity (Wildman–Crippen MR) is 68.7 cm³/mol. The second-order valence-electron chi connectivity index (χ2n) is 4.81. The van der Waals surface area contributed by atoms with Crippen LogP contribution in [0.2, 0.25) is 0 Å². The van der Waals surface area contributed by atoms with Crippen molar-refractivity contribution in [2.75, 3.05) is 19.6 Å². The second kappa shape index (κ2) is 6.40. The van der Waals surface area contributed by atoms with Gasteiger partial charge in [-0.05, 0) is 20.3 Å². The molecule has 7 nitrogen and oxygen atoms in total. The van der Waals surface area contributed by atoms with Crippen molar-refractivity contribution in [2.24, 2.45) is 0 Å². The van der Waals surface area contributed by atoms with Gasteiger partial charge in [0.1, 0.15) is 12.6 Å². The lowest BCUT2D eigenvalue weighted by molar-refractivity contribution is -0.138. The first-order chi connectivity index (χ1) is 8.88. The highest BCUT2D eigenvalue weighted by atomic mass is 16.4. The minimum Gasteiger partial charge on any atom is -0.480 e. The Hall–Kier alpha value is -1.79. The van der Waals surface area contributed by atoms with E-state index >= 15 is 0 Å². The lowest BCUT2D eigenvalue weighted by atomic mass is 10.1. The Labute approximate surface area is 112 Å². The molecule has 1 aliphatic rings. The van der Waals surface area contributed by atoms with Gasteiger partial charge >= 0.3 is 12.0 Å². The van der Waals surface area contributed by atoms with Crippen molar-refractivity contribution in [3.8, 4) is 0 Å². The number of piperazine rings is 1. The van der Waals surface area contributed by atoms with Gasteiger partial charge in [-0.3, -0.25) is 9.59 Å². The number of hydrogen-bond acceptors (Lipinski definition) is 3. The molecule has 108 valence electrons. The van der Waals surface area contributed by atoms with Crippen molar-refractivity contribution in [2.45, 2.75) is 39.3 Å². The number of carbonyl (C=O) groups excluding carboxylic acids is 2. The van der Waals surface area contributed by atoms with Crippen LogP contribution in [0.25, 0.3) is 0 Å². The highest BCUT2D eigenvalue weighted by Crippen LogP contribution is 2.13. The molecule has 0 aliphatic carbocycles. The first-order valence-electron chi connectivity index (χ1n) is 6.45. The number of nitrogens with one attached hydrogen (secondary N) is 1. The summed E-state index contributed by atoms with van der Waals surface area (Å²) < 4.78 is 0. The Morgan fingerprint density at radius 2 is 2.16 bits per heavy atom. The minimum atomic E-state index is -1.06. The van der Waals surface area contributed by atoms with E-state index in [1.54, 1.807) is 13.8 Å². The Morgan fingerprint density at radius 1 is 1.53 bits per heavy atom. The van der Waals surface area contributed by atoms with Gasteiger partial charge in [0.15, 0.2) is 0 Å². The van der Waals surface area contributed by atoms with Crippen LogP contribution in [-0.4, -0.2) is 64.5 Å². The lowest BCUT2D eigenvalue weighted by Gasteiger charge is -2.38. The Bertz CT molecular complexity index is 370. The molecule has 2 N–H and O–H groups in total. The molecule has 0 saturated carbocycles. The smallest absolute Gasteiger partial charge is 0.323 e. The van der Waals surface area contributed by atoms with Gasteiger partial charge in [0.05, 0.1) is 0 Å². The SMILES string of the molecule is CCC1C(=O)NCCN1C(=O)N(CC(=O)O)C(C)C. The van der Waals surface area contributed by atoms with Gasteiger partial charge < -0.3 is 20.2 Å². The average molecular weight is 271 g/mol. The van der Waals surface area contributed by atoms with Gasteiger partial charge in [-0.2, -0.15) is 0 Å². The third kappa shape index (κ3) is 3.59. The van der Waals surface area contributed by atoms with Crippen LogP contribution in [0.1, 0.15) is 27.2 Å². The molecular formula is C12H21N3O4. The summed E-state index contributed by atoms with van der Waals surface area (Å²) in [5.74, 6) is -1.24. The summed E-state index contributed by atoms with van der Waals surface area (Å²) in [6.45, 7) is 5.79. The molecule has 1 rings (SSSR count). The number of rotatable bonds is 4. The number of carboxylic acid groups (broad SMARTS) is 1. The first-order valence-corrected chi connectivity index (χ1v) is 6.45. The van der Waals surface area contributed by atoms with Crippen LogP contribution in [-0.2, 0) is 9.59 Å². The predicted octanol–water partition coefficient (Wildman–Crippen LogP) is 0.112. The second-order valence-corrected chi connectivity index (χ2v) is 4.81. The number of hydrogen-bond donors (Lipinski definition) is 2. The molecule has 1 fully saturated rings. The number of carbonyl (C=O) groups is 3. The van der Waals surface area contributed by atoms with Crippen LogP contribution < -0.4 is 5.32 Å². The Morgan fingerprint density at radius 3 is 2.63 bits per heavy atom. The molecule has 1 saturated heterocycles. The molecule has 0 bridgehead atoms. The van der Waals surface area contributed by atoms with Gasteiger partial charge in [0.25, 0.3) is 0 Å². The van der Waals surface area contributed by atoms with Gasteiger partial charge in [0, 0.05) is 19.1 Å². The van der Waals surface area contributed by atoms with Crippen molar-refractivity contribution < 1.29 is 19.5 Å². The number of aliphatic carboxylic acids is 1. The van der Waals surface area contributed by atoms with Crippen LogP contribution in [0.4, 0.5) is 4.79 Å². The van der Waals surface area contributed by atoms with E-state index in [1.165, 1.54) is 9.80 Å². The number of carboxylic acids is 1. The Kier molecular flexibility index (Phi) is 5.14. The maximum Gasteiger partial charge on any atom is 0.323 e. The summed E-state index contributed by atoms with van der Waals surface area (Å²) in [5, 5.41) is 11.6. The van der Waals surface area contributed by atoms with E-state index in [9.17, 15) is 14.4 Å². The van der Waals surface area contributed by atoms with Crippen molar-refractivity contribution in [1.29, 1.82) is 0 Å². The monoisotopic (exact) mass is 271 g/mol. The molecule has 0 aromatic rings. The van der Waals surface area contributed by atoms with E-state index in [0.29, 0.717) is 19.5 Å². The topological polar surface area (TPSA) is 90.0 Å². The van der Waals surface area contributed by atoms with E-state index in [0.717, 1.165) is 0 Å². The van der Waals surface area contributed by atoms with Gasteiger partial charge in [0.2, 0.25) is 5.91 Å². The van der Waals surface area contributed by atoms with Crippen LogP contribution in [0.15, 0.2) is 0 Å². The number of urea groups is 1. The highest BCUT2D eigenvalue weighted by molar-refractivity contribution is 5.89. The van der Waals surface area contributed by atoms with Crippen LogP contribution in [0.5, 0.6) is 0 Å². The fourth-order valence-electron chi connectivity index (χ4n) is 2.13. The molecule has 1 heterocycles. The zero-order valence-electron chi connectivity index (χ0n) is 11.5. The van der Waals surface area contributed by atoms with Crippen LogP contribution >= 0.6 is 0 Å². The highest BCUT2D eigenvalue weighted by Gasteiger charge is 2.35. The largest absolute Gasteiger partial charge is 0.480 e. The molecule has 7 heteroatoms. The summed E-state index contributed by atoms with van der Waals surface area (Å²) in [4.78, 5) is 37.7. The van der Waals surface area contributed by atoms with Crippen molar-refractivity contribution >= 4 is 17.9 Å². The number of nitrogens with zero attached hydrogens (tertiary/aromatic N) is 2. The van der Waals surface area contributed by atoms with Crippen molar-refractivity contribution in [3.63, 3.8) is 0 Å². The first kappa shape index (κ1) is 15.3. The standard InChI is InChI=1S/C12H21N3O4/c1-4-9-11(18)13-5-6-14(9)12(19)15(8(2)3)7-10(16)17/h8-9H,4-7H2,1-3H3,(H,13,18)(H,16,17). The Balaban J connectivity index is 2.88. The third-order valence-electron chi connectivity index (χ3n) is 3.14. The molecule has 0 aromatic carbocycles. The zero-order valence-corrected chi connectivity index (χ0v) is 11.5. The zero-order chi connectivity index (χ0) is 14.6. The minimum absolute atomic E-state index is 0.180. The average Bonchev–Trinajstić information content (AvgIpc) is 2.34. The maximum atomic E-state index is 12.4. The van der Waals surface area contributed by atoms with Gasteiger partial charge in [-0.15, -0.1) is 0 Å². The van der Waals surface area contributed by atoms with E-state index < -0.39 is 12.0 Å². The van der Waals surface area contributed by atoms with Crippen molar-refractivity contribution in [1.82, 2.24) is 15.1 Å².